The van der Waals surface area contributed by atoms with Gasteiger partial charge in [0.1, 0.15) is 0 Å². The van der Waals surface area contributed by atoms with Crippen LogP contribution in [0.15, 0.2) is 42.5 Å². The minimum absolute atomic E-state index is 0.271. The summed E-state index contributed by atoms with van der Waals surface area (Å²) >= 11 is 1.95. The summed E-state index contributed by atoms with van der Waals surface area (Å²) in [7, 11) is 2.12. The van der Waals surface area contributed by atoms with Crippen molar-refractivity contribution in [1.29, 1.82) is 0 Å². The van der Waals surface area contributed by atoms with Crippen molar-refractivity contribution < 1.29 is 5.11 Å². The number of hydrogen-bond acceptors (Lipinski definition) is 3. The summed E-state index contributed by atoms with van der Waals surface area (Å²) in [6.45, 7) is 1.07. The number of hydrogen-bond donors (Lipinski definition) is 1. The predicted molar refractivity (Wildman–Crippen MR) is 87.4 cm³/mol. The number of nitrogens with zero attached hydrogens (tertiary/aromatic N) is 1. The number of likely N-dealkylation sites (N-methyl/N-ethyl adjacent to an activating group) is 1. The molecule has 106 valence electrons. The van der Waals surface area contributed by atoms with Crippen molar-refractivity contribution in [3.8, 4) is 0 Å². The summed E-state index contributed by atoms with van der Waals surface area (Å²) < 4.78 is 0. The fraction of sp³-hybridized carbons (Fsp3) is 0.412. The first-order valence-electron chi connectivity index (χ1n) is 7.18. The highest BCUT2D eigenvalue weighted by Gasteiger charge is 2.26. The highest BCUT2D eigenvalue weighted by molar-refractivity contribution is 7.99. The van der Waals surface area contributed by atoms with Gasteiger partial charge in [-0.2, -0.15) is 11.8 Å². The molecular weight excluding hydrogens is 266 g/mol. The SMILES string of the molecule is CN1CCSCC1C(O)Cc1cccc2ccccc12. The molecule has 0 radical (unpaired) electrons. The van der Waals surface area contributed by atoms with Crippen LogP contribution in [-0.2, 0) is 6.42 Å². The lowest BCUT2D eigenvalue weighted by Crippen LogP contribution is -2.47. The van der Waals surface area contributed by atoms with Crippen molar-refractivity contribution >= 4 is 22.5 Å². The van der Waals surface area contributed by atoms with E-state index in [1.165, 1.54) is 22.1 Å². The molecule has 1 aliphatic rings. The number of fused-ring (bicyclic) bond motifs is 1. The van der Waals surface area contributed by atoms with Crippen LogP contribution < -0.4 is 0 Å². The zero-order valence-electron chi connectivity index (χ0n) is 11.8. The summed E-state index contributed by atoms with van der Waals surface area (Å²) in [6, 6.07) is 15.0. The molecule has 0 saturated carbocycles. The van der Waals surface area contributed by atoms with Gasteiger partial charge in [0.2, 0.25) is 0 Å². The van der Waals surface area contributed by atoms with E-state index in [9.17, 15) is 5.11 Å². The Hall–Kier alpha value is -1.03. The molecular formula is C17H21NOS. The third-order valence-electron chi connectivity index (χ3n) is 4.20. The average Bonchev–Trinajstić information content (AvgIpc) is 2.48. The van der Waals surface area contributed by atoms with Crippen molar-refractivity contribution in [3.63, 3.8) is 0 Å². The Kier molecular flexibility index (Phi) is 4.29. The zero-order chi connectivity index (χ0) is 13.9. The molecule has 0 aliphatic carbocycles. The molecule has 0 amide bonds. The molecule has 0 spiro atoms. The Balaban J connectivity index is 1.82. The monoisotopic (exact) mass is 287 g/mol. The molecule has 1 N–H and O–H groups in total. The number of aliphatic hydroxyl groups is 1. The molecule has 20 heavy (non-hydrogen) atoms. The maximum absolute atomic E-state index is 10.6. The van der Waals surface area contributed by atoms with Gasteiger partial charge in [-0.15, -0.1) is 0 Å². The van der Waals surface area contributed by atoms with Crippen LogP contribution in [0.4, 0.5) is 0 Å². The van der Waals surface area contributed by atoms with E-state index >= 15 is 0 Å². The van der Waals surface area contributed by atoms with Gasteiger partial charge < -0.3 is 5.11 Å². The molecule has 3 heteroatoms. The third-order valence-corrected chi connectivity index (χ3v) is 5.24. The first kappa shape index (κ1) is 13.9. The van der Waals surface area contributed by atoms with Gasteiger partial charge in [0.25, 0.3) is 0 Å². The van der Waals surface area contributed by atoms with Crippen LogP contribution in [0.1, 0.15) is 5.56 Å². The molecule has 2 aromatic rings. The number of thioether (sulfide) groups is 1. The first-order valence-corrected chi connectivity index (χ1v) is 8.34. The Labute approximate surface area is 124 Å². The molecule has 1 aliphatic heterocycles. The first-order chi connectivity index (χ1) is 9.75. The summed E-state index contributed by atoms with van der Waals surface area (Å²) in [6.07, 6.45) is 0.440. The van der Waals surface area contributed by atoms with Gasteiger partial charge in [-0.1, -0.05) is 42.5 Å². The highest BCUT2D eigenvalue weighted by Crippen LogP contribution is 2.23. The molecule has 0 aromatic heterocycles. The topological polar surface area (TPSA) is 23.5 Å². The van der Waals surface area contributed by atoms with Crippen LogP contribution in [-0.4, -0.2) is 47.3 Å². The summed E-state index contributed by atoms with van der Waals surface area (Å²) in [5.41, 5.74) is 1.25. The van der Waals surface area contributed by atoms with Gasteiger partial charge in [-0.25, -0.2) is 0 Å². The lowest BCUT2D eigenvalue weighted by Gasteiger charge is -2.35. The van der Waals surface area contributed by atoms with Crippen LogP contribution in [0.5, 0.6) is 0 Å². The fourth-order valence-electron chi connectivity index (χ4n) is 2.94. The third kappa shape index (κ3) is 2.85. The van der Waals surface area contributed by atoms with Crippen molar-refractivity contribution in [3.05, 3.63) is 48.0 Å². The van der Waals surface area contributed by atoms with Crippen molar-refractivity contribution in [1.82, 2.24) is 4.90 Å². The van der Waals surface area contributed by atoms with Gasteiger partial charge >= 0.3 is 0 Å². The predicted octanol–water partition coefficient (Wildman–Crippen LogP) is 2.79. The Morgan fingerprint density at radius 2 is 2.05 bits per heavy atom. The second-order valence-electron chi connectivity index (χ2n) is 5.53. The maximum Gasteiger partial charge on any atom is 0.0743 e. The van der Waals surface area contributed by atoms with Gasteiger partial charge in [0.05, 0.1) is 6.10 Å². The van der Waals surface area contributed by atoms with Crippen molar-refractivity contribution in [2.75, 3.05) is 25.1 Å². The zero-order valence-corrected chi connectivity index (χ0v) is 12.6. The van der Waals surface area contributed by atoms with Gasteiger partial charge in [0.15, 0.2) is 0 Å². The summed E-state index contributed by atoms with van der Waals surface area (Å²) in [5.74, 6) is 2.20. The quantitative estimate of drug-likeness (QED) is 0.939. The summed E-state index contributed by atoms with van der Waals surface area (Å²) in [5, 5.41) is 13.1. The molecule has 0 bridgehead atoms. The van der Waals surface area contributed by atoms with E-state index in [2.05, 4.69) is 54.4 Å². The number of benzene rings is 2. The molecule has 2 nitrogen and oxygen atoms in total. The van der Waals surface area contributed by atoms with E-state index < -0.39 is 0 Å². The van der Waals surface area contributed by atoms with Crippen molar-refractivity contribution in [2.45, 2.75) is 18.6 Å². The second-order valence-corrected chi connectivity index (χ2v) is 6.68. The molecule has 2 unspecified atom stereocenters. The smallest absolute Gasteiger partial charge is 0.0743 e. The molecule has 3 rings (SSSR count). The molecule has 2 aromatic carbocycles. The molecule has 1 saturated heterocycles. The van der Waals surface area contributed by atoms with Crippen LogP contribution in [0, 0.1) is 0 Å². The summed E-state index contributed by atoms with van der Waals surface area (Å²) in [4.78, 5) is 2.30. The Morgan fingerprint density at radius 1 is 1.25 bits per heavy atom. The lowest BCUT2D eigenvalue weighted by atomic mass is 9.97. The van der Waals surface area contributed by atoms with E-state index in [0.29, 0.717) is 0 Å². The van der Waals surface area contributed by atoms with Crippen LogP contribution in [0.2, 0.25) is 0 Å². The molecule has 1 heterocycles. The maximum atomic E-state index is 10.6. The van der Waals surface area contributed by atoms with E-state index in [0.717, 1.165) is 18.7 Å². The van der Waals surface area contributed by atoms with Crippen LogP contribution in [0.3, 0.4) is 0 Å². The van der Waals surface area contributed by atoms with E-state index in [1.54, 1.807) is 0 Å². The second kappa shape index (κ2) is 6.17. The average molecular weight is 287 g/mol. The highest BCUT2D eigenvalue weighted by atomic mass is 32.2. The Bertz CT molecular complexity index is 581. The minimum Gasteiger partial charge on any atom is -0.391 e. The van der Waals surface area contributed by atoms with E-state index in [4.69, 9.17) is 0 Å². The molecule has 2 atom stereocenters. The number of rotatable bonds is 3. The normalized spacial score (nSPS) is 22.0. The number of aliphatic hydroxyl groups excluding tert-OH is 1. The Morgan fingerprint density at radius 3 is 2.90 bits per heavy atom. The van der Waals surface area contributed by atoms with Gasteiger partial charge in [0, 0.05) is 30.5 Å². The van der Waals surface area contributed by atoms with Gasteiger partial charge in [-0.3, -0.25) is 4.90 Å². The van der Waals surface area contributed by atoms with Crippen molar-refractivity contribution in [2.24, 2.45) is 0 Å². The fourth-order valence-corrected chi connectivity index (χ4v) is 4.24. The molecule has 1 fully saturated rings. The standard InChI is InChI=1S/C17H21NOS/c1-18-9-10-20-12-16(18)17(19)11-14-7-4-6-13-5-2-3-8-15(13)14/h2-8,16-17,19H,9-12H2,1H3. The van der Waals surface area contributed by atoms with Crippen LogP contribution >= 0.6 is 11.8 Å². The van der Waals surface area contributed by atoms with E-state index in [1.807, 2.05) is 11.8 Å². The van der Waals surface area contributed by atoms with E-state index in [-0.39, 0.29) is 12.1 Å². The minimum atomic E-state index is -0.293. The van der Waals surface area contributed by atoms with Crippen LogP contribution in [0.25, 0.3) is 10.8 Å². The van der Waals surface area contributed by atoms with Gasteiger partial charge in [-0.05, 0) is 23.4 Å². The largest absolute Gasteiger partial charge is 0.391 e. The lowest BCUT2D eigenvalue weighted by molar-refractivity contribution is 0.0765.